The van der Waals surface area contributed by atoms with Crippen molar-refractivity contribution in [2.24, 2.45) is 0 Å². The molecule has 0 unspecified atom stereocenters. The van der Waals surface area contributed by atoms with Crippen LogP contribution < -0.4 is 0 Å². The van der Waals surface area contributed by atoms with Crippen molar-refractivity contribution in [3.8, 4) is 0 Å². The zero-order valence-electron chi connectivity index (χ0n) is 4.42. The minimum Gasteiger partial charge on any atom is -0.274 e. The average molecular weight is 99.1 g/mol. The zero-order chi connectivity index (χ0) is 5.11. The quantitative estimate of drug-likeness (QED) is 0.444. The number of nitrogens with zero attached hydrogens (tertiary/aromatic N) is 1. The summed E-state index contributed by atoms with van der Waals surface area (Å²) in [5.41, 5.74) is 0. The van der Waals surface area contributed by atoms with Crippen molar-refractivity contribution in [3.05, 3.63) is 12.3 Å². The van der Waals surface area contributed by atoms with E-state index in [2.05, 4.69) is 6.08 Å². The van der Waals surface area contributed by atoms with E-state index < -0.39 is 0 Å². The molecule has 1 rings (SSSR count). The minimum atomic E-state index is 0.826. The normalized spacial score (nSPS) is 20.4. The van der Waals surface area contributed by atoms with E-state index in [1.54, 1.807) is 5.06 Å². The Kier molecular flexibility index (Phi) is 1.32. The highest BCUT2D eigenvalue weighted by molar-refractivity contribution is 4.79. The molecule has 0 atom stereocenters. The maximum absolute atomic E-state index is 5.02. The van der Waals surface area contributed by atoms with Crippen LogP contribution in [0.2, 0.25) is 0 Å². The smallest absolute Gasteiger partial charge is 0.0783 e. The van der Waals surface area contributed by atoms with E-state index in [0.717, 1.165) is 13.0 Å². The lowest BCUT2D eigenvalue weighted by molar-refractivity contribution is -0.106. The number of hydrogen-bond donors (Lipinski definition) is 0. The van der Waals surface area contributed by atoms with Crippen LogP contribution in [0.1, 0.15) is 6.42 Å². The highest BCUT2D eigenvalue weighted by Gasteiger charge is 1.93. The van der Waals surface area contributed by atoms with Crippen molar-refractivity contribution < 1.29 is 4.84 Å². The van der Waals surface area contributed by atoms with Gasteiger partial charge in [0.1, 0.15) is 0 Å². The molecular weight excluding hydrogens is 90.1 g/mol. The van der Waals surface area contributed by atoms with Gasteiger partial charge in [-0.25, -0.2) is 0 Å². The molecule has 0 radical (unpaired) electrons. The molecule has 0 spiro atoms. The Bertz CT molecular complexity index is 80.1. The van der Waals surface area contributed by atoms with Crippen molar-refractivity contribution in [2.75, 3.05) is 13.7 Å². The summed E-state index contributed by atoms with van der Waals surface area (Å²) in [6.45, 7) is 0.826. The van der Waals surface area contributed by atoms with E-state index in [9.17, 15) is 0 Å². The Balaban J connectivity index is 2.36. The summed E-state index contributed by atoms with van der Waals surface area (Å²) in [7, 11) is 1.88. The van der Waals surface area contributed by atoms with Crippen molar-refractivity contribution >= 4 is 0 Å². The van der Waals surface area contributed by atoms with Gasteiger partial charge in [0.15, 0.2) is 0 Å². The monoisotopic (exact) mass is 99.1 g/mol. The first kappa shape index (κ1) is 4.65. The van der Waals surface area contributed by atoms with Crippen LogP contribution in [0.3, 0.4) is 0 Å². The molecule has 0 aromatic heterocycles. The van der Waals surface area contributed by atoms with Gasteiger partial charge in [0.05, 0.1) is 6.61 Å². The summed E-state index contributed by atoms with van der Waals surface area (Å²) in [4.78, 5) is 5.02. The second-order valence-electron chi connectivity index (χ2n) is 1.55. The third kappa shape index (κ3) is 1.20. The van der Waals surface area contributed by atoms with Crippen LogP contribution >= 0.6 is 0 Å². The Hall–Kier alpha value is -0.500. The highest BCUT2D eigenvalue weighted by Crippen LogP contribution is 1.97. The van der Waals surface area contributed by atoms with E-state index >= 15 is 0 Å². The van der Waals surface area contributed by atoms with Gasteiger partial charge in [-0.15, -0.1) is 0 Å². The standard InChI is InChI=1S/C5H9NO/c1-6-4-2-3-5-7-6/h2,4H,3,5H2,1H3. The molecule has 0 saturated carbocycles. The molecule has 0 fully saturated rings. The van der Waals surface area contributed by atoms with Crippen LogP contribution in [0.25, 0.3) is 0 Å². The Morgan fingerprint density at radius 3 is 2.86 bits per heavy atom. The second-order valence-corrected chi connectivity index (χ2v) is 1.55. The van der Waals surface area contributed by atoms with Gasteiger partial charge in [-0.3, -0.25) is 9.90 Å². The van der Waals surface area contributed by atoms with Gasteiger partial charge >= 0.3 is 0 Å². The third-order valence-corrected chi connectivity index (χ3v) is 0.895. The van der Waals surface area contributed by atoms with Crippen molar-refractivity contribution in [3.63, 3.8) is 0 Å². The van der Waals surface area contributed by atoms with Gasteiger partial charge in [-0.1, -0.05) is 6.08 Å². The van der Waals surface area contributed by atoms with Crippen LogP contribution in [0.15, 0.2) is 12.3 Å². The number of hydroxylamine groups is 2. The SMILES string of the molecule is CN1C=CCCO1. The van der Waals surface area contributed by atoms with Crippen molar-refractivity contribution in [2.45, 2.75) is 6.42 Å². The highest BCUT2D eigenvalue weighted by atomic mass is 16.7. The number of hydrogen-bond acceptors (Lipinski definition) is 2. The van der Waals surface area contributed by atoms with Crippen LogP contribution in [-0.2, 0) is 4.84 Å². The predicted octanol–water partition coefficient (Wildman–Crippen LogP) is 0.767. The molecule has 0 aromatic carbocycles. The van der Waals surface area contributed by atoms with Crippen molar-refractivity contribution in [1.82, 2.24) is 5.06 Å². The fraction of sp³-hybridized carbons (Fsp3) is 0.600. The molecule has 1 heterocycles. The van der Waals surface area contributed by atoms with Gasteiger partial charge in [0.2, 0.25) is 0 Å². The van der Waals surface area contributed by atoms with Crippen LogP contribution in [0.5, 0.6) is 0 Å². The molecular formula is C5H9NO. The van der Waals surface area contributed by atoms with E-state index in [4.69, 9.17) is 4.84 Å². The molecule has 0 aromatic rings. The van der Waals surface area contributed by atoms with Crippen molar-refractivity contribution in [1.29, 1.82) is 0 Å². The molecule has 1 aliphatic rings. The fourth-order valence-corrected chi connectivity index (χ4v) is 0.531. The molecule has 2 heteroatoms. The van der Waals surface area contributed by atoms with Crippen LogP contribution in [0, 0.1) is 0 Å². The molecule has 0 amide bonds. The van der Waals surface area contributed by atoms with Gasteiger partial charge in [0.25, 0.3) is 0 Å². The first-order chi connectivity index (χ1) is 3.39. The summed E-state index contributed by atoms with van der Waals surface area (Å²) in [5, 5.41) is 1.71. The topological polar surface area (TPSA) is 12.5 Å². The maximum Gasteiger partial charge on any atom is 0.0783 e. The minimum absolute atomic E-state index is 0.826. The van der Waals surface area contributed by atoms with E-state index in [-0.39, 0.29) is 0 Å². The van der Waals surface area contributed by atoms with Crippen LogP contribution in [-0.4, -0.2) is 18.7 Å². The molecule has 2 nitrogen and oxygen atoms in total. The molecule has 0 bridgehead atoms. The molecule has 1 aliphatic heterocycles. The summed E-state index contributed by atoms with van der Waals surface area (Å²) >= 11 is 0. The number of rotatable bonds is 0. The largest absolute Gasteiger partial charge is 0.274 e. The van der Waals surface area contributed by atoms with Crippen LogP contribution in [0.4, 0.5) is 0 Å². The molecule has 0 N–H and O–H groups in total. The van der Waals surface area contributed by atoms with E-state index in [1.807, 2.05) is 13.2 Å². The second kappa shape index (κ2) is 1.98. The third-order valence-electron chi connectivity index (χ3n) is 0.895. The average Bonchev–Trinajstić information content (AvgIpc) is 1.69. The predicted molar refractivity (Wildman–Crippen MR) is 27.5 cm³/mol. The summed E-state index contributed by atoms with van der Waals surface area (Å²) < 4.78 is 0. The lowest BCUT2D eigenvalue weighted by Gasteiger charge is -2.16. The lowest BCUT2D eigenvalue weighted by atomic mass is 10.4. The maximum atomic E-state index is 5.02. The molecule has 0 aliphatic carbocycles. The summed E-state index contributed by atoms with van der Waals surface area (Å²) in [6.07, 6.45) is 5.05. The Morgan fingerprint density at radius 2 is 2.57 bits per heavy atom. The van der Waals surface area contributed by atoms with Gasteiger partial charge in [-0.05, 0) is 6.42 Å². The van der Waals surface area contributed by atoms with E-state index in [1.165, 1.54) is 0 Å². The fourth-order valence-electron chi connectivity index (χ4n) is 0.531. The first-order valence-corrected chi connectivity index (χ1v) is 2.42. The Labute approximate surface area is 43.3 Å². The van der Waals surface area contributed by atoms with Gasteiger partial charge in [-0.2, -0.15) is 0 Å². The lowest BCUT2D eigenvalue weighted by Crippen LogP contribution is -2.15. The van der Waals surface area contributed by atoms with Gasteiger partial charge in [0, 0.05) is 13.2 Å². The van der Waals surface area contributed by atoms with Gasteiger partial charge < -0.3 is 0 Å². The molecule has 0 saturated heterocycles. The molecule has 7 heavy (non-hydrogen) atoms. The Morgan fingerprint density at radius 1 is 1.71 bits per heavy atom. The molecule has 40 valence electrons. The summed E-state index contributed by atoms with van der Waals surface area (Å²) in [5.74, 6) is 0. The van der Waals surface area contributed by atoms with E-state index in [0.29, 0.717) is 0 Å². The summed E-state index contributed by atoms with van der Waals surface area (Å²) in [6, 6.07) is 0. The zero-order valence-corrected chi connectivity index (χ0v) is 4.42. The first-order valence-electron chi connectivity index (χ1n) is 2.42.